The Morgan fingerprint density at radius 3 is 2.54 bits per heavy atom. The lowest BCUT2D eigenvalue weighted by Crippen LogP contribution is -2.46. The van der Waals surface area contributed by atoms with Crippen LogP contribution < -0.4 is 0 Å². The summed E-state index contributed by atoms with van der Waals surface area (Å²) in [6.07, 6.45) is -4.67. The number of phenolic OH excluding ortho intramolecular Hbond substituents is 1. The zero-order chi connectivity index (χ0) is 25.4. The maximum absolute atomic E-state index is 14.5. The number of likely N-dealkylation sites (tertiary alicyclic amines) is 1. The van der Waals surface area contributed by atoms with Gasteiger partial charge in [-0.3, -0.25) is 4.79 Å². The molecule has 2 aliphatic heterocycles. The van der Waals surface area contributed by atoms with E-state index in [4.69, 9.17) is 16.3 Å². The molecule has 0 saturated carbocycles. The number of alkyl halides is 3. The number of aromatic hydroxyl groups is 1. The Labute approximate surface area is 203 Å². The molecule has 2 aliphatic rings. The molecule has 1 unspecified atom stereocenters. The van der Waals surface area contributed by atoms with Gasteiger partial charge < -0.3 is 19.5 Å². The molecule has 188 valence electrons. The molecule has 4 rings (SSSR count). The molecule has 1 saturated heterocycles. The van der Waals surface area contributed by atoms with Crippen molar-refractivity contribution in [3.05, 3.63) is 63.9 Å². The minimum atomic E-state index is -5.36. The third kappa shape index (κ3) is 5.29. The fourth-order valence-corrected chi connectivity index (χ4v) is 4.90. The maximum atomic E-state index is 14.5. The number of hydrogen-bond donors (Lipinski definition) is 1. The first-order valence-corrected chi connectivity index (χ1v) is 11.3. The molecule has 1 atom stereocenters. The summed E-state index contributed by atoms with van der Waals surface area (Å²) in [4.78, 5) is 25.7. The van der Waals surface area contributed by atoms with Gasteiger partial charge in [0.25, 0.3) is 0 Å². The maximum Gasteiger partial charge on any atom is 0.491 e. The lowest BCUT2D eigenvalue weighted by Gasteiger charge is -2.40. The predicted molar refractivity (Wildman–Crippen MR) is 116 cm³/mol. The van der Waals surface area contributed by atoms with Crippen LogP contribution in [0.5, 0.6) is 5.75 Å². The Kier molecular flexibility index (Phi) is 7.08. The number of carbonyl (C=O) groups is 2. The van der Waals surface area contributed by atoms with Gasteiger partial charge in [0.2, 0.25) is 0 Å². The molecule has 0 radical (unpaired) electrons. The highest BCUT2D eigenvalue weighted by atomic mass is 35.5. The minimum absolute atomic E-state index is 0.104. The van der Waals surface area contributed by atoms with Gasteiger partial charge in [0.05, 0.1) is 18.1 Å². The van der Waals surface area contributed by atoms with Crippen molar-refractivity contribution in [3.8, 4) is 5.75 Å². The number of halogens is 5. The molecule has 0 amide bonds. The first-order valence-electron chi connectivity index (χ1n) is 10.9. The van der Waals surface area contributed by atoms with E-state index in [0.29, 0.717) is 32.5 Å². The number of rotatable bonds is 5. The molecule has 11 heteroatoms. The van der Waals surface area contributed by atoms with E-state index in [9.17, 15) is 32.3 Å². The average Bonchev–Trinajstić information content (AvgIpc) is 3.17. The molecule has 1 fully saturated rings. The monoisotopic (exact) mass is 515 g/mol. The highest BCUT2D eigenvalue weighted by Crippen LogP contribution is 2.44. The third-order valence-corrected chi connectivity index (χ3v) is 6.88. The Bertz CT molecular complexity index is 1130. The number of fused-ring (bicyclic) bond motifs is 2. The molecule has 6 nitrogen and oxygen atoms in total. The van der Waals surface area contributed by atoms with Crippen LogP contribution in [0, 0.1) is 11.7 Å². The molecule has 2 aromatic carbocycles. The third-order valence-electron chi connectivity index (χ3n) is 6.53. The van der Waals surface area contributed by atoms with E-state index in [0.717, 1.165) is 17.2 Å². The van der Waals surface area contributed by atoms with Crippen molar-refractivity contribution in [2.24, 2.45) is 5.92 Å². The van der Waals surface area contributed by atoms with Gasteiger partial charge in [-0.15, -0.1) is 0 Å². The van der Waals surface area contributed by atoms with Crippen LogP contribution in [0.3, 0.4) is 0 Å². The van der Waals surface area contributed by atoms with Gasteiger partial charge in [-0.05, 0) is 42.5 Å². The summed E-state index contributed by atoms with van der Waals surface area (Å²) in [5.74, 6) is -7.26. The SMILES string of the molecule is O=C(OC(=O)C(F)(F)F)C(Cc1c(Cl)ccc(O)c1F)CN1CCC2(CC1)OCc1ccccc12. The number of piperidine rings is 1. The van der Waals surface area contributed by atoms with Crippen LogP contribution in [0.25, 0.3) is 0 Å². The summed E-state index contributed by atoms with van der Waals surface area (Å²) in [7, 11) is 0. The molecular weight excluding hydrogens is 494 g/mol. The van der Waals surface area contributed by atoms with Crippen molar-refractivity contribution in [3.63, 3.8) is 0 Å². The molecule has 1 N–H and O–H groups in total. The average molecular weight is 516 g/mol. The molecular formula is C24H22ClF4NO5. The van der Waals surface area contributed by atoms with E-state index >= 15 is 0 Å². The first-order chi connectivity index (χ1) is 16.5. The summed E-state index contributed by atoms with van der Waals surface area (Å²) >= 11 is 6.02. The van der Waals surface area contributed by atoms with Crippen LogP contribution in [0.4, 0.5) is 17.6 Å². The lowest BCUT2D eigenvalue weighted by atomic mass is 9.83. The number of ether oxygens (including phenoxy) is 2. The van der Waals surface area contributed by atoms with E-state index < -0.39 is 47.6 Å². The van der Waals surface area contributed by atoms with Gasteiger partial charge in [-0.2, -0.15) is 13.2 Å². The Morgan fingerprint density at radius 1 is 1.17 bits per heavy atom. The predicted octanol–water partition coefficient (Wildman–Crippen LogP) is 4.50. The second-order valence-electron chi connectivity index (χ2n) is 8.71. The minimum Gasteiger partial charge on any atom is -0.505 e. The normalized spacial score (nSPS) is 18.3. The van der Waals surface area contributed by atoms with Crippen molar-refractivity contribution in [2.75, 3.05) is 19.6 Å². The van der Waals surface area contributed by atoms with Gasteiger partial charge in [0.15, 0.2) is 11.6 Å². The summed E-state index contributed by atoms with van der Waals surface area (Å²) in [5, 5.41) is 9.55. The number of hydrogen-bond acceptors (Lipinski definition) is 6. The molecule has 1 spiro atoms. The number of benzene rings is 2. The fraction of sp³-hybridized carbons (Fsp3) is 0.417. The van der Waals surface area contributed by atoms with Crippen molar-refractivity contribution in [1.29, 1.82) is 0 Å². The highest BCUT2D eigenvalue weighted by molar-refractivity contribution is 6.31. The van der Waals surface area contributed by atoms with Gasteiger partial charge >= 0.3 is 18.1 Å². The zero-order valence-electron chi connectivity index (χ0n) is 18.4. The van der Waals surface area contributed by atoms with Gasteiger partial charge in [-0.1, -0.05) is 35.9 Å². The summed E-state index contributed by atoms with van der Waals surface area (Å²) in [6.45, 7) is 1.27. The van der Waals surface area contributed by atoms with Crippen molar-refractivity contribution in [2.45, 2.75) is 37.6 Å². The van der Waals surface area contributed by atoms with E-state index in [-0.39, 0.29) is 17.1 Å². The largest absolute Gasteiger partial charge is 0.505 e. The van der Waals surface area contributed by atoms with E-state index in [1.54, 1.807) is 0 Å². The fourth-order valence-electron chi connectivity index (χ4n) is 4.68. The molecule has 0 aromatic heterocycles. The lowest BCUT2D eigenvalue weighted by molar-refractivity contribution is -0.203. The van der Waals surface area contributed by atoms with Crippen molar-refractivity contribution < 1.29 is 41.7 Å². The first kappa shape index (κ1) is 25.4. The van der Waals surface area contributed by atoms with Gasteiger partial charge in [0, 0.05) is 30.2 Å². The van der Waals surface area contributed by atoms with E-state index in [1.165, 1.54) is 6.07 Å². The number of phenols is 1. The Balaban J connectivity index is 1.51. The second-order valence-corrected chi connectivity index (χ2v) is 9.11. The Hall–Kier alpha value is -2.69. The van der Waals surface area contributed by atoms with E-state index in [1.807, 2.05) is 29.2 Å². The molecule has 0 aliphatic carbocycles. The topological polar surface area (TPSA) is 76.1 Å². The molecule has 35 heavy (non-hydrogen) atoms. The number of esters is 2. The zero-order valence-corrected chi connectivity index (χ0v) is 19.2. The van der Waals surface area contributed by atoms with Crippen LogP contribution in [0.1, 0.15) is 29.5 Å². The van der Waals surface area contributed by atoms with Crippen LogP contribution >= 0.6 is 11.6 Å². The van der Waals surface area contributed by atoms with Crippen molar-refractivity contribution >= 4 is 23.5 Å². The van der Waals surface area contributed by atoms with E-state index in [2.05, 4.69) is 4.74 Å². The highest BCUT2D eigenvalue weighted by Gasteiger charge is 2.45. The van der Waals surface area contributed by atoms with Crippen LogP contribution in [-0.4, -0.2) is 47.8 Å². The van der Waals surface area contributed by atoms with Crippen molar-refractivity contribution in [1.82, 2.24) is 4.90 Å². The number of nitrogens with zero attached hydrogens (tertiary/aromatic N) is 1. The Morgan fingerprint density at radius 2 is 1.86 bits per heavy atom. The van der Waals surface area contributed by atoms with Gasteiger partial charge in [0.1, 0.15) is 0 Å². The number of carbonyl (C=O) groups excluding carboxylic acids is 2. The molecule has 0 bridgehead atoms. The second kappa shape index (κ2) is 9.75. The summed E-state index contributed by atoms with van der Waals surface area (Å²) in [6, 6.07) is 10.1. The molecule has 2 heterocycles. The summed E-state index contributed by atoms with van der Waals surface area (Å²) < 4.78 is 62.6. The smallest absolute Gasteiger partial charge is 0.491 e. The van der Waals surface area contributed by atoms with Crippen LogP contribution in [0.15, 0.2) is 36.4 Å². The van der Waals surface area contributed by atoms with Crippen LogP contribution in [-0.2, 0) is 37.7 Å². The quantitative estimate of drug-likeness (QED) is 0.359. The van der Waals surface area contributed by atoms with Gasteiger partial charge in [-0.25, -0.2) is 9.18 Å². The standard InChI is InChI=1S/C24H22ClF4NO5/c25-18-5-6-19(31)20(26)16(18)11-15(21(32)35-22(33)24(27,28)29)12-30-9-7-23(8-10-30)17-4-2-1-3-14(17)13-34-23/h1-6,15,31H,7-13H2. The molecule has 2 aromatic rings. The summed E-state index contributed by atoms with van der Waals surface area (Å²) in [5.41, 5.74) is 1.47. The van der Waals surface area contributed by atoms with Crippen LogP contribution in [0.2, 0.25) is 5.02 Å².